The van der Waals surface area contributed by atoms with Crippen molar-refractivity contribution in [2.45, 2.75) is 37.7 Å². The van der Waals surface area contributed by atoms with Crippen LogP contribution in [0.4, 0.5) is 0 Å². The van der Waals surface area contributed by atoms with Gasteiger partial charge < -0.3 is 10.1 Å². The van der Waals surface area contributed by atoms with Crippen molar-refractivity contribution in [3.63, 3.8) is 0 Å². The lowest BCUT2D eigenvalue weighted by atomic mass is 10.1. The quantitative estimate of drug-likeness (QED) is 0.699. The van der Waals surface area contributed by atoms with Crippen molar-refractivity contribution in [2.75, 3.05) is 18.9 Å². The molecule has 0 aromatic rings. The van der Waals surface area contributed by atoms with Crippen LogP contribution in [0, 0.1) is 5.92 Å². The second-order valence-corrected chi connectivity index (χ2v) is 5.88. The van der Waals surface area contributed by atoms with Gasteiger partial charge in [-0.2, -0.15) is 0 Å². The zero-order valence-corrected chi connectivity index (χ0v) is 9.32. The van der Waals surface area contributed by atoms with E-state index in [1.54, 1.807) is 0 Å². The largest absolute Gasteiger partial charge is 0.375 e. The van der Waals surface area contributed by atoms with Crippen molar-refractivity contribution < 1.29 is 4.74 Å². The molecule has 3 unspecified atom stereocenters. The van der Waals surface area contributed by atoms with Crippen molar-refractivity contribution in [1.29, 1.82) is 0 Å². The number of ether oxygens (including phenoxy) is 1. The predicted octanol–water partition coefficient (Wildman–Crippen LogP) is 1.85. The Hall–Kier alpha value is 0.270. The van der Waals surface area contributed by atoms with E-state index in [4.69, 9.17) is 4.74 Å². The average Bonchev–Trinajstić information content (AvgIpc) is 2.63. The molecule has 0 saturated carbocycles. The number of hydrogen-bond donors (Lipinski definition) is 1. The molecular weight excluding hydrogens is 182 g/mol. The van der Waals surface area contributed by atoms with Gasteiger partial charge in [-0.1, -0.05) is 6.92 Å². The van der Waals surface area contributed by atoms with E-state index in [9.17, 15) is 0 Å². The van der Waals surface area contributed by atoms with E-state index in [2.05, 4.69) is 19.2 Å². The lowest BCUT2D eigenvalue weighted by Crippen LogP contribution is -2.54. The van der Waals surface area contributed by atoms with Crippen LogP contribution in [0.1, 0.15) is 26.7 Å². The summed E-state index contributed by atoms with van der Waals surface area (Å²) in [6, 6.07) is 0. The Morgan fingerprint density at radius 1 is 1.54 bits per heavy atom. The maximum absolute atomic E-state index is 5.75. The van der Waals surface area contributed by atoms with Gasteiger partial charge in [-0.15, -0.1) is 11.8 Å². The fourth-order valence-corrected chi connectivity index (χ4v) is 3.33. The highest BCUT2D eigenvalue weighted by atomic mass is 32.2. The van der Waals surface area contributed by atoms with E-state index in [0.29, 0.717) is 6.10 Å². The molecule has 1 N–H and O–H groups in total. The van der Waals surface area contributed by atoms with Gasteiger partial charge in [0.2, 0.25) is 0 Å². The predicted molar refractivity (Wildman–Crippen MR) is 57.0 cm³/mol. The fraction of sp³-hybridized carbons (Fsp3) is 1.00. The molecule has 0 spiro atoms. The fourth-order valence-electron chi connectivity index (χ4n) is 2.02. The zero-order valence-electron chi connectivity index (χ0n) is 8.51. The first kappa shape index (κ1) is 9.81. The third-order valence-corrected chi connectivity index (χ3v) is 4.76. The van der Waals surface area contributed by atoms with Gasteiger partial charge in [0.15, 0.2) is 0 Å². The first-order chi connectivity index (χ1) is 6.21. The summed E-state index contributed by atoms with van der Waals surface area (Å²) in [6.45, 7) is 6.69. The molecule has 2 aliphatic heterocycles. The van der Waals surface area contributed by atoms with E-state index in [0.717, 1.165) is 19.1 Å². The molecule has 76 valence electrons. The van der Waals surface area contributed by atoms with Gasteiger partial charge in [-0.05, 0) is 38.0 Å². The van der Waals surface area contributed by atoms with E-state index in [1.807, 2.05) is 11.8 Å². The van der Waals surface area contributed by atoms with Crippen LogP contribution >= 0.6 is 11.8 Å². The molecule has 3 atom stereocenters. The Labute approximate surface area is 84.8 Å². The molecule has 0 bridgehead atoms. The number of nitrogens with one attached hydrogen (secondary N) is 1. The minimum Gasteiger partial charge on any atom is -0.375 e. The molecular formula is C10H19NOS. The molecule has 2 aliphatic rings. The normalized spacial score (nSPS) is 46.6. The Balaban J connectivity index is 1.95. The SMILES string of the molecule is CC1CNC(C)(C2CCCO2)SC1. The molecule has 2 fully saturated rings. The van der Waals surface area contributed by atoms with Gasteiger partial charge >= 0.3 is 0 Å². The molecule has 0 amide bonds. The molecule has 0 radical (unpaired) electrons. The Morgan fingerprint density at radius 2 is 2.38 bits per heavy atom. The second-order valence-electron chi connectivity index (χ2n) is 4.41. The highest BCUT2D eigenvalue weighted by molar-refractivity contribution is 8.00. The minimum atomic E-state index is 0.184. The third kappa shape index (κ3) is 2.03. The maximum atomic E-state index is 5.75. The van der Waals surface area contributed by atoms with Crippen molar-refractivity contribution in [1.82, 2.24) is 5.32 Å². The Bertz CT molecular complexity index is 172. The molecule has 13 heavy (non-hydrogen) atoms. The van der Waals surface area contributed by atoms with Crippen LogP contribution in [0.3, 0.4) is 0 Å². The topological polar surface area (TPSA) is 21.3 Å². The molecule has 2 heterocycles. The van der Waals surface area contributed by atoms with Crippen LogP contribution in [-0.2, 0) is 4.74 Å². The van der Waals surface area contributed by atoms with E-state index in [-0.39, 0.29) is 4.87 Å². The van der Waals surface area contributed by atoms with Crippen molar-refractivity contribution in [3.8, 4) is 0 Å². The third-order valence-electron chi connectivity index (χ3n) is 3.01. The smallest absolute Gasteiger partial charge is 0.0881 e. The highest BCUT2D eigenvalue weighted by Gasteiger charge is 2.39. The van der Waals surface area contributed by atoms with Gasteiger partial charge in [0, 0.05) is 6.61 Å². The molecule has 0 aromatic heterocycles. The number of hydrogen-bond acceptors (Lipinski definition) is 3. The summed E-state index contributed by atoms with van der Waals surface area (Å²) in [5.41, 5.74) is 0. The number of thioether (sulfide) groups is 1. The summed E-state index contributed by atoms with van der Waals surface area (Å²) in [5.74, 6) is 2.07. The standard InChI is InChI=1S/C10H19NOS/c1-8-6-11-10(2,13-7-8)9-4-3-5-12-9/h8-9,11H,3-7H2,1-2H3. The second kappa shape index (κ2) is 3.79. The Morgan fingerprint density at radius 3 is 2.92 bits per heavy atom. The van der Waals surface area contributed by atoms with Crippen LogP contribution in [0.25, 0.3) is 0 Å². The summed E-state index contributed by atoms with van der Waals surface area (Å²) >= 11 is 2.03. The summed E-state index contributed by atoms with van der Waals surface area (Å²) < 4.78 is 5.75. The van der Waals surface area contributed by atoms with Crippen LogP contribution in [0.2, 0.25) is 0 Å². The van der Waals surface area contributed by atoms with E-state index in [1.165, 1.54) is 18.6 Å². The first-order valence-corrected chi connectivity index (χ1v) is 6.20. The minimum absolute atomic E-state index is 0.184. The Kier molecular flexibility index (Phi) is 2.86. The molecule has 2 nitrogen and oxygen atoms in total. The van der Waals surface area contributed by atoms with Crippen LogP contribution in [0.15, 0.2) is 0 Å². The van der Waals surface area contributed by atoms with Gasteiger partial charge in [-0.3, -0.25) is 0 Å². The summed E-state index contributed by atoms with van der Waals surface area (Å²) in [4.78, 5) is 0.184. The lowest BCUT2D eigenvalue weighted by Gasteiger charge is -2.40. The van der Waals surface area contributed by atoms with Gasteiger partial charge in [0.25, 0.3) is 0 Å². The van der Waals surface area contributed by atoms with E-state index < -0.39 is 0 Å². The molecule has 2 rings (SSSR count). The first-order valence-electron chi connectivity index (χ1n) is 5.21. The molecule has 0 aliphatic carbocycles. The zero-order chi connectivity index (χ0) is 9.31. The summed E-state index contributed by atoms with van der Waals surface area (Å²) in [6.07, 6.45) is 2.90. The highest BCUT2D eigenvalue weighted by Crippen LogP contribution is 2.36. The van der Waals surface area contributed by atoms with Crippen molar-refractivity contribution in [3.05, 3.63) is 0 Å². The van der Waals surface area contributed by atoms with E-state index >= 15 is 0 Å². The van der Waals surface area contributed by atoms with Crippen LogP contribution in [0.5, 0.6) is 0 Å². The summed E-state index contributed by atoms with van der Waals surface area (Å²) in [5, 5.41) is 3.63. The monoisotopic (exact) mass is 201 g/mol. The average molecular weight is 201 g/mol. The maximum Gasteiger partial charge on any atom is 0.0881 e. The van der Waals surface area contributed by atoms with Gasteiger partial charge in [0.05, 0.1) is 11.0 Å². The van der Waals surface area contributed by atoms with Crippen molar-refractivity contribution in [2.24, 2.45) is 5.92 Å². The van der Waals surface area contributed by atoms with Crippen LogP contribution < -0.4 is 5.32 Å². The lowest BCUT2D eigenvalue weighted by molar-refractivity contribution is 0.0692. The van der Waals surface area contributed by atoms with Crippen molar-refractivity contribution >= 4 is 11.8 Å². The van der Waals surface area contributed by atoms with Gasteiger partial charge in [0.1, 0.15) is 0 Å². The summed E-state index contributed by atoms with van der Waals surface area (Å²) in [7, 11) is 0. The molecule has 0 aromatic carbocycles. The molecule has 3 heteroatoms. The molecule has 2 saturated heterocycles. The van der Waals surface area contributed by atoms with Crippen LogP contribution in [-0.4, -0.2) is 29.9 Å². The number of rotatable bonds is 1. The van der Waals surface area contributed by atoms with Gasteiger partial charge in [-0.25, -0.2) is 0 Å².